The van der Waals surface area contributed by atoms with Gasteiger partial charge in [0, 0.05) is 18.7 Å². The van der Waals surface area contributed by atoms with Gasteiger partial charge in [0.05, 0.1) is 29.0 Å². The zero-order valence-electron chi connectivity index (χ0n) is 14.2. The van der Waals surface area contributed by atoms with Crippen LogP contribution in [-0.4, -0.2) is 31.1 Å². The first-order valence-electron chi connectivity index (χ1n) is 8.47. The average molecular weight is 349 g/mol. The van der Waals surface area contributed by atoms with Crippen LogP contribution in [0.15, 0.2) is 48.5 Å². The topological polar surface area (TPSA) is 91.2 Å². The first-order valence-corrected chi connectivity index (χ1v) is 8.47. The van der Waals surface area contributed by atoms with Gasteiger partial charge in [-0.1, -0.05) is 12.1 Å². The smallest absolute Gasteiger partial charge is 0.255 e. The van der Waals surface area contributed by atoms with Crippen LogP contribution in [0.25, 0.3) is 0 Å². The van der Waals surface area contributed by atoms with Crippen molar-refractivity contribution in [3.63, 3.8) is 0 Å². The molecule has 6 heteroatoms. The lowest BCUT2D eigenvalue weighted by Crippen LogP contribution is -2.32. The Balaban J connectivity index is 1.68. The Morgan fingerprint density at radius 3 is 2.58 bits per heavy atom. The largest absolute Gasteiger partial charge is 0.376 e. The number of carbonyl (C=O) groups is 2. The molecule has 0 spiro atoms. The fourth-order valence-electron chi connectivity index (χ4n) is 2.79. The maximum Gasteiger partial charge on any atom is 0.255 e. The molecule has 3 rings (SSSR count). The highest BCUT2D eigenvalue weighted by Crippen LogP contribution is 2.17. The van der Waals surface area contributed by atoms with E-state index in [-0.39, 0.29) is 17.9 Å². The SMILES string of the molecule is N#Cc1ccc(C(=O)Nc2ccccc2C(=O)NC[C@H]2CCCO2)cc1. The van der Waals surface area contributed by atoms with Crippen LogP contribution in [-0.2, 0) is 4.74 Å². The summed E-state index contributed by atoms with van der Waals surface area (Å²) in [6.07, 6.45) is 2.01. The van der Waals surface area contributed by atoms with Gasteiger partial charge >= 0.3 is 0 Å². The number of benzene rings is 2. The van der Waals surface area contributed by atoms with Crippen molar-refractivity contribution in [2.75, 3.05) is 18.5 Å². The molecule has 6 nitrogen and oxygen atoms in total. The molecule has 26 heavy (non-hydrogen) atoms. The number of nitriles is 1. The summed E-state index contributed by atoms with van der Waals surface area (Å²) in [5, 5.41) is 14.4. The summed E-state index contributed by atoms with van der Waals surface area (Å²) in [7, 11) is 0. The van der Waals surface area contributed by atoms with Gasteiger partial charge in [-0.25, -0.2) is 0 Å². The molecule has 132 valence electrons. The highest BCUT2D eigenvalue weighted by molar-refractivity contribution is 6.09. The van der Waals surface area contributed by atoms with Gasteiger partial charge in [-0.3, -0.25) is 9.59 Å². The van der Waals surface area contributed by atoms with Crippen LogP contribution in [0.1, 0.15) is 39.1 Å². The van der Waals surface area contributed by atoms with Crippen LogP contribution < -0.4 is 10.6 Å². The lowest BCUT2D eigenvalue weighted by molar-refractivity contribution is 0.0858. The van der Waals surface area contributed by atoms with Crippen molar-refractivity contribution in [2.45, 2.75) is 18.9 Å². The number of anilines is 1. The van der Waals surface area contributed by atoms with Crippen LogP contribution in [0.2, 0.25) is 0 Å². The molecule has 1 fully saturated rings. The lowest BCUT2D eigenvalue weighted by Gasteiger charge is -2.14. The summed E-state index contributed by atoms with van der Waals surface area (Å²) in [6, 6.07) is 15.2. The molecule has 0 aliphatic carbocycles. The van der Waals surface area contributed by atoms with Crippen LogP contribution in [0.5, 0.6) is 0 Å². The van der Waals surface area contributed by atoms with E-state index in [1.54, 1.807) is 48.5 Å². The summed E-state index contributed by atoms with van der Waals surface area (Å²) in [6.45, 7) is 1.19. The molecule has 1 heterocycles. The fraction of sp³-hybridized carbons (Fsp3) is 0.250. The molecule has 0 saturated carbocycles. The Kier molecular flexibility index (Phi) is 5.62. The maximum absolute atomic E-state index is 12.5. The molecule has 2 N–H and O–H groups in total. The van der Waals surface area contributed by atoms with Gasteiger partial charge < -0.3 is 15.4 Å². The Morgan fingerprint density at radius 1 is 1.12 bits per heavy atom. The molecule has 0 bridgehead atoms. The number of nitrogens with zero attached hydrogens (tertiary/aromatic N) is 1. The van der Waals surface area contributed by atoms with E-state index in [1.165, 1.54) is 0 Å². The van der Waals surface area contributed by atoms with Gasteiger partial charge in [-0.2, -0.15) is 5.26 Å². The monoisotopic (exact) mass is 349 g/mol. The van der Waals surface area contributed by atoms with Gasteiger partial charge in [-0.05, 0) is 49.2 Å². The Labute approximate surface area is 151 Å². The molecule has 1 atom stereocenters. The van der Waals surface area contributed by atoms with Crippen molar-refractivity contribution >= 4 is 17.5 Å². The van der Waals surface area contributed by atoms with Crippen molar-refractivity contribution in [3.8, 4) is 6.07 Å². The van der Waals surface area contributed by atoms with E-state index in [0.29, 0.717) is 28.9 Å². The first-order chi connectivity index (χ1) is 12.7. The van der Waals surface area contributed by atoms with Gasteiger partial charge in [0.15, 0.2) is 0 Å². The summed E-state index contributed by atoms with van der Waals surface area (Å²) in [5.41, 5.74) is 1.73. The first kappa shape index (κ1) is 17.6. The van der Waals surface area contributed by atoms with E-state index < -0.39 is 0 Å². The predicted molar refractivity (Wildman–Crippen MR) is 96.9 cm³/mol. The molecule has 2 aromatic rings. The van der Waals surface area contributed by atoms with E-state index in [1.807, 2.05) is 6.07 Å². The molecule has 0 aromatic heterocycles. The molecule has 2 amide bonds. The van der Waals surface area contributed by atoms with Crippen molar-refractivity contribution in [1.29, 1.82) is 5.26 Å². The fourth-order valence-corrected chi connectivity index (χ4v) is 2.79. The van der Waals surface area contributed by atoms with E-state index in [2.05, 4.69) is 10.6 Å². The van der Waals surface area contributed by atoms with Gasteiger partial charge in [0.1, 0.15) is 0 Å². The van der Waals surface area contributed by atoms with E-state index in [9.17, 15) is 9.59 Å². The minimum Gasteiger partial charge on any atom is -0.376 e. The summed E-state index contributed by atoms with van der Waals surface area (Å²) < 4.78 is 5.50. The van der Waals surface area contributed by atoms with E-state index in [0.717, 1.165) is 19.4 Å². The number of ether oxygens (including phenoxy) is 1. The van der Waals surface area contributed by atoms with Crippen molar-refractivity contribution in [3.05, 3.63) is 65.2 Å². The highest BCUT2D eigenvalue weighted by Gasteiger charge is 2.18. The third-order valence-electron chi connectivity index (χ3n) is 4.21. The Morgan fingerprint density at radius 2 is 1.88 bits per heavy atom. The number of para-hydroxylation sites is 1. The third kappa shape index (κ3) is 4.26. The summed E-state index contributed by atoms with van der Waals surface area (Å²) >= 11 is 0. The van der Waals surface area contributed by atoms with Crippen LogP contribution in [0.4, 0.5) is 5.69 Å². The third-order valence-corrected chi connectivity index (χ3v) is 4.21. The Hall–Kier alpha value is -3.17. The second kappa shape index (κ2) is 8.28. The number of rotatable bonds is 5. The minimum absolute atomic E-state index is 0.0550. The van der Waals surface area contributed by atoms with Crippen LogP contribution in [0, 0.1) is 11.3 Å². The highest BCUT2D eigenvalue weighted by atomic mass is 16.5. The molecule has 1 aliphatic rings. The second-order valence-electron chi connectivity index (χ2n) is 6.03. The molecular formula is C20H19N3O3. The number of carbonyl (C=O) groups excluding carboxylic acids is 2. The number of amides is 2. The van der Waals surface area contributed by atoms with E-state index in [4.69, 9.17) is 10.00 Å². The normalized spacial score (nSPS) is 15.9. The predicted octanol–water partition coefficient (Wildman–Crippen LogP) is 2.72. The molecule has 0 radical (unpaired) electrons. The maximum atomic E-state index is 12.5. The quantitative estimate of drug-likeness (QED) is 0.868. The number of hydrogen-bond acceptors (Lipinski definition) is 4. The zero-order chi connectivity index (χ0) is 18.4. The standard InChI is InChI=1S/C20H19N3O3/c21-12-14-7-9-15(10-8-14)19(24)23-18-6-2-1-5-17(18)20(25)22-13-16-4-3-11-26-16/h1-2,5-10,16H,3-4,11,13H2,(H,22,25)(H,23,24)/t16-/m1/s1. The average Bonchev–Trinajstić information content (AvgIpc) is 3.20. The van der Waals surface area contributed by atoms with Crippen LogP contribution >= 0.6 is 0 Å². The molecule has 0 unspecified atom stereocenters. The Bertz CT molecular complexity index is 834. The zero-order valence-corrected chi connectivity index (χ0v) is 14.2. The van der Waals surface area contributed by atoms with E-state index >= 15 is 0 Å². The minimum atomic E-state index is -0.339. The second-order valence-corrected chi connectivity index (χ2v) is 6.03. The van der Waals surface area contributed by atoms with Gasteiger partial charge in [0.2, 0.25) is 0 Å². The van der Waals surface area contributed by atoms with Crippen LogP contribution in [0.3, 0.4) is 0 Å². The van der Waals surface area contributed by atoms with Crippen molar-refractivity contribution < 1.29 is 14.3 Å². The molecule has 1 saturated heterocycles. The molecular weight excluding hydrogens is 330 g/mol. The lowest BCUT2D eigenvalue weighted by atomic mass is 10.1. The van der Waals surface area contributed by atoms with Gasteiger partial charge in [0.25, 0.3) is 11.8 Å². The molecule has 1 aliphatic heterocycles. The number of hydrogen-bond donors (Lipinski definition) is 2. The van der Waals surface area contributed by atoms with Crippen molar-refractivity contribution in [1.82, 2.24) is 5.32 Å². The molecule has 2 aromatic carbocycles. The number of nitrogens with one attached hydrogen (secondary N) is 2. The van der Waals surface area contributed by atoms with Gasteiger partial charge in [-0.15, -0.1) is 0 Å². The summed E-state index contributed by atoms with van der Waals surface area (Å²) in [5.74, 6) is -0.593. The summed E-state index contributed by atoms with van der Waals surface area (Å²) in [4.78, 5) is 24.9. The van der Waals surface area contributed by atoms with Crippen molar-refractivity contribution in [2.24, 2.45) is 0 Å².